The van der Waals surface area contributed by atoms with Gasteiger partial charge in [-0.2, -0.15) is 0 Å². The second-order valence-corrected chi connectivity index (χ2v) is 1.85. The van der Waals surface area contributed by atoms with Crippen molar-refractivity contribution in [2.45, 2.75) is 0 Å². The van der Waals surface area contributed by atoms with Gasteiger partial charge in [-0.05, 0) is 11.5 Å². The summed E-state index contributed by atoms with van der Waals surface area (Å²) in [6.07, 6.45) is 3.19. The van der Waals surface area contributed by atoms with Crippen LogP contribution in [0.15, 0.2) is 18.5 Å². The molecule has 52 valence electrons. The number of aromatic nitrogens is 1. The number of hydrogen-bond acceptors (Lipinski definition) is 3. The third-order valence-corrected chi connectivity index (χ3v) is 1.26. The summed E-state index contributed by atoms with van der Waals surface area (Å²) in [7, 11) is 1.54. The van der Waals surface area contributed by atoms with Crippen LogP contribution in [0.4, 0.5) is 0 Å². The molecule has 0 radical (unpaired) electrons. The molecule has 1 heterocycles. The van der Waals surface area contributed by atoms with E-state index < -0.39 is 0 Å². The van der Waals surface area contributed by atoms with Gasteiger partial charge in [-0.1, -0.05) is 0 Å². The standard InChI is InChI=1S/C6H8BNO2/c1-10-6-4-8-3-2-5(6)7-9/h2-4,7,9H,1H3. The van der Waals surface area contributed by atoms with Crippen molar-refractivity contribution in [2.75, 3.05) is 7.11 Å². The van der Waals surface area contributed by atoms with Gasteiger partial charge in [-0.15, -0.1) is 0 Å². The highest BCUT2D eigenvalue weighted by molar-refractivity contribution is 6.46. The van der Waals surface area contributed by atoms with Crippen LogP contribution in [-0.4, -0.2) is 24.6 Å². The number of methoxy groups -OCH3 is 1. The molecule has 0 atom stereocenters. The highest BCUT2D eigenvalue weighted by Crippen LogP contribution is 2.00. The Labute approximate surface area is 59.9 Å². The summed E-state index contributed by atoms with van der Waals surface area (Å²) in [6.45, 7) is 0. The molecule has 1 rings (SSSR count). The van der Waals surface area contributed by atoms with Crippen LogP contribution in [0.2, 0.25) is 0 Å². The van der Waals surface area contributed by atoms with Crippen molar-refractivity contribution in [1.29, 1.82) is 0 Å². The number of rotatable bonds is 2. The van der Waals surface area contributed by atoms with Crippen LogP contribution in [-0.2, 0) is 0 Å². The van der Waals surface area contributed by atoms with Crippen LogP contribution in [0, 0.1) is 0 Å². The first-order valence-corrected chi connectivity index (χ1v) is 2.96. The predicted octanol–water partition coefficient (Wildman–Crippen LogP) is -0.941. The fraction of sp³-hybridized carbons (Fsp3) is 0.167. The largest absolute Gasteiger partial charge is 0.496 e. The first kappa shape index (κ1) is 7.09. The van der Waals surface area contributed by atoms with Gasteiger partial charge in [0.1, 0.15) is 5.75 Å². The van der Waals surface area contributed by atoms with Gasteiger partial charge < -0.3 is 9.76 Å². The number of ether oxygens (including phenoxy) is 1. The molecule has 10 heavy (non-hydrogen) atoms. The highest BCUT2D eigenvalue weighted by Gasteiger charge is 1.99. The Morgan fingerprint density at radius 3 is 3.00 bits per heavy atom. The molecular weight excluding hydrogens is 129 g/mol. The Morgan fingerprint density at radius 2 is 2.50 bits per heavy atom. The van der Waals surface area contributed by atoms with Crippen molar-refractivity contribution in [3.05, 3.63) is 18.5 Å². The molecule has 0 aliphatic heterocycles. The molecule has 0 saturated heterocycles. The zero-order valence-electron chi connectivity index (χ0n) is 5.74. The zero-order valence-corrected chi connectivity index (χ0v) is 5.74. The van der Waals surface area contributed by atoms with Crippen molar-refractivity contribution in [3.63, 3.8) is 0 Å². The van der Waals surface area contributed by atoms with E-state index in [9.17, 15) is 0 Å². The van der Waals surface area contributed by atoms with E-state index in [1.165, 1.54) is 0 Å². The summed E-state index contributed by atoms with van der Waals surface area (Å²) in [4.78, 5) is 3.83. The molecule has 1 aromatic heterocycles. The van der Waals surface area contributed by atoms with E-state index in [1.54, 1.807) is 25.6 Å². The number of hydrogen-bond donors (Lipinski definition) is 1. The maximum atomic E-state index is 8.74. The quantitative estimate of drug-likeness (QED) is 0.535. The minimum atomic E-state index is -0.00824. The Bertz CT molecular complexity index is 194. The molecule has 3 nitrogen and oxygen atoms in total. The van der Waals surface area contributed by atoms with E-state index in [0.29, 0.717) is 5.75 Å². The number of nitrogens with zero attached hydrogens (tertiary/aromatic N) is 1. The average Bonchev–Trinajstić information content (AvgIpc) is 2.04. The van der Waals surface area contributed by atoms with E-state index in [2.05, 4.69) is 4.98 Å². The topological polar surface area (TPSA) is 42.4 Å². The first-order valence-electron chi connectivity index (χ1n) is 2.96. The van der Waals surface area contributed by atoms with Crippen molar-refractivity contribution in [1.82, 2.24) is 4.98 Å². The van der Waals surface area contributed by atoms with Crippen LogP contribution in [0.1, 0.15) is 0 Å². The van der Waals surface area contributed by atoms with Gasteiger partial charge in [-0.25, -0.2) is 0 Å². The molecule has 4 heteroatoms. The van der Waals surface area contributed by atoms with Crippen molar-refractivity contribution in [2.24, 2.45) is 0 Å². The van der Waals surface area contributed by atoms with Gasteiger partial charge in [0.15, 0.2) is 0 Å². The summed E-state index contributed by atoms with van der Waals surface area (Å²) < 4.78 is 4.91. The highest BCUT2D eigenvalue weighted by atomic mass is 16.5. The Balaban J connectivity index is 2.96. The minimum Gasteiger partial charge on any atom is -0.496 e. The molecule has 0 bridgehead atoms. The lowest BCUT2D eigenvalue weighted by Gasteiger charge is -2.01. The summed E-state index contributed by atoms with van der Waals surface area (Å²) in [6, 6.07) is 1.72. The van der Waals surface area contributed by atoms with Gasteiger partial charge in [-0.3, -0.25) is 4.98 Å². The fourth-order valence-electron chi connectivity index (χ4n) is 0.723. The second kappa shape index (κ2) is 3.22. The van der Waals surface area contributed by atoms with E-state index in [0.717, 1.165) is 5.46 Å². The van der Waals surface area contributed by atoms with E-state index in [-0.39, 0.29) is 7.48 Å². The van der Waals surface area contributed by atoms with Gasteiger partial charge in [0, 0.05) is 6.20 Å². The monoisotopic (exact) mass is 137 g/mol. The fourth-order valence-corrected chi connectivity index (χ4v) is 0.723. The second-order valence-electron chi connectivity index (χ2n) is 1.85. The smallest absolute Gasteiger partial charge is 0.308 e. The SMILES string of the molecule is COc1cnccc1BO. The van der Waals surface area contributed by atoms with Crippen molar-refractivity contribution >= 4 is 12.9 Å². The minimum absolute atomic E-state index is 0.00824. The maximum Gasteiger partial charge on any atom is 0.308 e. The van der Waals surface area contributed by atoms with Crippen molar-refractivity contribution in [3.8, 4) is 5.75 Å². The molecule has 0 aliphatic carbocycles. The van der Waals surface area contributed by atoms with Crippen molar-refractivity contribution < 1.29 is 9.76 Å². The molecule has 0 aliphatic rings. The summed E-state index contributed by atoms with van der Waals surface area (Å²) >= 11 is 0. The van der Waals surface area contributed by atoms with Crippen LogP contribution < -0.4 is 10.2 Å². The van der Waals surface area contributed by atoms with E-state index in [1.807, 2.05) is 0 Å². The molecule has 0 spiro atoms. The third-order valence-electron chi connectivity index (χ3n) is 1.26. The molecule has 0 fully saturated rings. The van der Waals surface area contributed by atoms with Crippen LogP contribution >= 0.6 is 0 Å². The maximum absolute atomic E-state index is 8.74. The zero-order chi connectivity index (χ0) is 7.40. The molecule has 0 unspecified atom stereocenters. The van der Waals surface area contributed by atoms with E-state index in [4.69, 9.17) is 9.76 Å². The summed E-state index contributed by atoms with van der Waals surface area (Å²) in [5.74, 6) is 0.630. The average molecular weight is 137 g/mol. The normalized spacial score (nSPS) is 9.00. The lowest BCUT2D eigenvalue weighted by atomic mass is 9.89. The lowest BCUT2D eigenvalue weighted by Crippen LogP contribution is -2.16. The Kier molecular flexibility index (Phi) is 2.28. The molecule has 0 amide bonds. The van der Waals surface area contributed by atoms with Gasteiger partial charge in [0.25, 0.3) is 0 Å². The lowest BCUT2D eigenvalue weighted by molar-refractivity contribution is 0.415. The van der Waals surface area contributed by atoms with Gasteiger partial charge in [0.05, 0.1) is 13.3 Å². The van der Waals surface area contributed by atoms with Crippen LogP contribution in [0.5, 0.6) is 5.75 Å². The Hall–Kier alpha value is -1.03. The Morgan fingerprint density at radius 1 is 1.70 bits per heavy atom. The molecule has 0 aromatic carbocycles. The summed E-state index contributed by atoms with van der Waals surface area (Å²) in [5.41, 5.74) is 0.762. The number of pyridine rings is 1. The third kappa shape index (κ3) is 1.27. The molecular formula is C6H8BNO2. The van der Waals surface area contributed by atoms with Gasteiger partial charge in [0.2, 0.25) is 0 Å². The van der Waals surface area contributed by atoms with Gasteiger partial charge >= 0.3 is 7.48 Å². The first-order chi connectivity index (χ1) is 4.88. The molecule has 1 N–H and O–H groups in total. The molecule has 0 saturated carbocycles. The van der Waals surface area contributed by atoms with E-state index >= 15 is 0 Å². The van der Waals surface area contributed by atoms with Crippen LogP contribution in [0.25, 0.3) is 0 Å². The van der Waals surface area contributed by atoms with Crippen LogP contribution in [0.3, 0.4) is 0 Å². The molecule has 1 aromatic rings. The predicted molar refractivity (Wildman–Crippen MR) is 39.8 cm³/mol. The summed E-state index contributed by atoms with van der Waals surface area (Å²) in [5, 5.41) is 8.74.